The van der Waals surface area contributed by atoms with Crippen LogP contribution in [-0.2, 0) is 4.74 Å². The summed E-state index contributed by atoms with van der Waals surface area (Å²) in [7, 11) is 0. The zero-order valence-electron chi connectivity index (χ0n) is 9.55. The molecule has 0 spiro atoms. The molecule has 0 radical (unpaired) electrons. The van der Waals surface area contributed by atoms with Crippen LogP contribution in [-0.4, -0.2) is 12.7 Å². The van der Waals surface area contributed by atoms with Crippen LogP contribution in [0.3, 0.4) is 0 Å². The van der Waals surface area contributed by atoms with E-state index in [1.54, 1.807) is 0 Å². The second-order valence-corrected chi connectivity index (χ2v) is 5.27. The van der Waals surface area contributed by atoms with Crippen molar-refractivity contribution in [2.75, 3.05) is 6.61 Å². The highest BCUT2D eigenvalue weighted by molar-refractivity contribution is 4.71. The lowest BCUT2D eigenvalue weighted by atomic mass is 9.92. The summed E-state index contributed by atoms with van der Waals surface area (Å²) in [5.41, 5.74) is 0. The first-order chi connectivity index (χ1) is 6.08. The lowest BCUT2D eigenvalue weighted by Gasteiger charge is -2.18. The van der Waals surface area contributed by atoms with Crippen molar-refractivity contribution in [3.05, 3.63) is 0 Å². The van der Waals surface area contributed by atoms with Crippen LogP contribution in [0, 0.1) is 17.8 Å². The third-order valence-electron chi connectivity index (χ3n) is 2.82. The summed E-state index contributed by atoms with van der Waals surface area (Å²) in [5, 5.41) is 0. The molecule has 0 N–H and O–H groups in total. The predicted molar refractivity (Wildman–Crippen MR) is 56.8 cm³/mol. The van der Waals surface area contributed by atoms with Gasteiger partial charge in [0.15, 0.2) is 0 Å². The summed E-state index contributed by atoms with van der Waals surface area (Å²) >= 11 is 0. The van der Waals surface area contributed by atoms with Crippen molar-refractivity contribution in [1.82, 2.24) is 0 Å². The van der Waals surface area contributed by atoms with Crippen LogP contribution < -0.4 is 0 Å². The SMILES string of the molecule is CC(C)CC1CC(C)CC(C)CO1. The molecule has 1 aliphatic rings. The summed E-state index contributed by atoms with van der Waals surface area (Å²) in [6.07, 6.45) is 4.37. The largest absolute Gasteiger partial charge is 0.378 e. The van der Waals surface area contributed by atoms with Gasteiger partial charge in [-0.2, -0.15) is 0 Å². The van der Waals surface area contributed by atoms with Crippen LogP contribution in [0.2, 0.25) is 0 Å². The fraction of sp³-hybridized carbons (Fsp3) is 1.00. The quantitative estimate of drug-likeness (QED) is 0.638. The van der Waals surface area contributed by atoms with Gasteiger partial charge in [-0.1, -0.05) is 27.7 Å². The van der Waals surface area contributed by atoms with Gasteiger partial charge in [-0.3, -0.25) is 0 Å². The molecule has 1 aliphatic heterocycles. The third-order valence-corrected chi connectivity index (χ3v) is 2.82. The minimum Gasteiger partial charge on any atom is -0.378 e. The van der Waals surface area contributed by atoms with E-state index in [4.69, 9.17) is 4.74 Å². The second-order valence-electron chi connectivity index (χ2n) is 5.27. The molecule has 0 aromatic heterocycles. The van der Waals surface area contributed by atoms with Crippen molar-refractivity contribution in [3.63, 3.8) is 0 Å². The molecule has 0 amide bonds. The standard InChI is InChI=1S/C12H24O/c1-9(2)5-12-7-10(3)6-11(4)8-13-12/h9-12H,5-8H2,1-4H3. The van der Waals surface area contributed by atoms with E-state index >= 15 is 0 Å². The van der Waals surface area contributed by atoms with Gasteiger partial charge in [-0.15, -0.1) is 0 Å². The van der Waals surface area contributed by atoms with E-state index in [0.717, 1.165) is 24.4 Å². The molecule has 1 nitrogen and oxygen atoms in total. The Morgan fingerprint density at radius 1 is 1.15 bits per heavy atom. The van der Waals surface area contributed by atoms with Crippen LogP contribution >= 0.6 is 0 Å². The Bertz CT molecular complexity index is 142. The molecule has 3 unspecified atom stereocenters. The van der Waals surface area contributed by atoms with Gasteiger partial charge in [0.05, 0.1) is 6.10 Å². The lowest BCUT2D eigenvalue weighted by molar-refractivity contribution is 0.0286. The molecule has 78 valence electrons. The molecule has 3 atom stereocenters. The maximum absolute atomic E-state index is 5.90. The van der Waals surface area contributed by atoms with Gasteiger partial charge in [0, 0.05) is 6.61 Å². The Labute approximate surface area is 82.9 Å². The molecule has 1 saturated heterocycles. The van der Waals surface area contributed by atoms with Crippen LogP contribution in [0.25, 0.3) is 0 Å². The van der Waals surface area contributed by atoms with Crippen LogP contribution in [0.15, 0.2) is 0 Å². The van der Waals surface area contributed by atoms with Crippen LogP contribution in [0.4, 0.5) is 0 Å². The topological polar surface area (TPSA) is 9.23 Å². The monoisotopic (exact) mass is 184 g/mol. The van der Waals surface area contributed by atoms with E-state index in [9.17, 15) is 0 Å². The van der Waals surface area contributed by atoms with Crippen molar-refractivity contribution in [3.8, 4) is 0 Å². The molecule has 0 aromatic rings. The number of ether oxygens (including phenoxy) is 1. The zero-order chi connectivity index (χ0) is 9.84. The molecular formula is C12H24O. The van der Waals surface area contributed by atoms with Crippen molar-refractivity contribution in [2.24, 2.45) is 17.8 Å². The van der Waals surface area contributed by atoms with Crippen molar-refractivity contribution >= 4 is 0 Å². The van der Waals surface area contributed by atoms with Gasteiger partial charge < -0.3 is 4.74 Å². The zero-order valence-corrected chi connectivity index (χ0v) is 9.55. The van der Waals surface area contributed by atoms with Gasteiger partial charge >= 0.3 is 0 Å². The molecule has 0 saturated carbocycles. The summed E-state index contributed by atoms with van der Waals surface area (Å²) in [5.74, 6) is 2.37. The first-order valence-electron chi connectivity index (χ1n) is 5.69. The summed E-state index contributed by atoms with van der Waals surface area (Å²) in [4.78, 5) is 0. The van der Waals surface area contributed by atoms with E-state index in [2.05, 4.69) is 27.7 Å². The average molecular weight is 184 g/mol. The van der Waals surface area contributed by atoms with E-state index in [1.807, 2.05) is 0 Å². The second kappa shape index (κ2) is 4.99. The average Bonchev–Trinajstić information content (AvgIpc) is 2.11. The highest BCUT2D eigenvalue weighted by atomic mass is 16.5. The van der Waals surface area contributed by atoms with Crippen molar-refractivity contribution < 1.29 is 4.74 Å². The molecule has 0 bridgehead atoms. The van der Waals surface area contributed by atoms with Gasteiger partial charge in [-0.05, 0) is 37.0 Å². The number of hydrogen-bond acceptors (Lipinski definition) is 1. The van der Waals surface area contributed by atoms with Crippen molar-refractivity contribution in [1.29, 1.82) is 0 Å². The van der Waals surface area contributed by atoms with E-state index < -0.39 is 0 Å². The third kappa shape index (κ3) is 4.12. The summed E-state index contributed by atoms with van der Waals surface area (Å²) in [6.45, 7) is 10.2. The fourth-order valence-corrected chi connectivity index (χ4v) is 2.36. The Kier molecular flexibility index (Phi) is 4.24. The smallest absolute Gasteiger partial charge is 0.0580 e. The Hall–Kier alpha value is -0.0400. The first-order valence-corrected chi connectivity index (χ1v) is 5.69. The molecule has 0 aliphatic carbocycles. The van der Waals surface area contributed by atoms with Crippen LogP contribution in [0.1, 0.15) is 47.0 Å². The summed E-state index contributed by atoms with van der Waals surface area (Å²) < 4.78 is 5.90. The number of hydrogen-bond donors (Lipinski definition) is 0. The fourth-order valence-electron chi connectivity index (χ4n) is 2.36. The van der Waals surface area contributed by atoms with E-state index in [0.29, 0.717) is 6.10 Å². The molecule has 1 heteroatoms. The van der Waals surface area contributed by atoms with Crippen molar-refractivity contribution in [2.45, 2.75) is 53.1 Å². The van der Waals surface area contributed by atoms with E-state index in [-0.39, 0.29) is 0 Å². The predicted octanol–water partition coefficient (Wildman–Crippen LogP) is 3.48. The minimum atomic E-state index is 0.528. The maximum atomic E-state index is 5.90. The minimum absolute atomic E-state index is 0.528. The normalized spacial score (nSPS) is 36.2. The van der Waals surface area contributed by atoms with Gasteiger partial charge in [0.2, 0.25) is 0 Å². The molecule has 13 heavy (non-hydrogen) atoms. The molecule has 0 aromatic carbocycles. The summed E-state index contributed by atoms with van der Waals surface area (Å²) in [6, 6.07) is 0. The maximum Gasteiger partial charge on any atom is 0.0580 e. The molecule has 1 heterocycles. The Morgan fingerprint density at radius 3 is 2.46 bits per heavy atom. The molecular weight excluding hydrogens is 160 g/mol. The van der Waals surface area contributed by atoms with E-state index in [1.165, 1.54) is 19.3 Å². The first kappa shape index (κ1) is 11.0. The van der Waals surface area contributed by atoms with Gasteiger partial charge in [-0.25, -0.2) is 0 Å². The van der Waals surface area contributed by atoms with Gasteiger partial charge in [0.1, 0.15) is 0 Å². The Balaban J connectivity index is 2.38. The molecule has 1 fully saturated rings. The highest BCUT2D eigenvalue weighted by Crippen LogP contribution is 2.26. The van der Waals surface area contributed by atoms with Gasteiger partial charge in [0.25, 0.3) is 0 Å². The molecule has 1 rings (SSSR count). The van der Waals surface area contributed by atoms with Crippen LogP contribution in [0.5, 0.6) is 0 Å². The lowest BCUT2D eigenvalue weighted by Crippen LogP contribution is -2.16. The highest BCUT2D eigenvalue weighted by Gasteiger charge is 2.21. The number of rotatable bonds is 2. The Morgan fingerprint density at radius 2 is 1.85 bits per heavy atom.